The van der Waals surface area contributed by atoms with Gasteiger partial charge in [0.05, 0.1) is 17.9 Å². The molecule has 0 radical (unpaired) electrons. The molecule has 0 fully saturated rings. The lowest BCUT2D eigenvalue weighted by atomic mass is 10.1. The van der Waals surface area contributed by atoms with Gasteiger partial charge in [0.25, 0.3) is 10.0 Å². The zero-order chi connectivity index (χ0) is 21.6. The van der Waals surface area contributed by atoms with E-state index in [4.69, 9.17) is 0 Å². The van der Waals surface area contributed by atoms with E-state index in [0.29, 0.717) is 5.56 Å². The quantitative estimate of drug-likeness (QED) is 0.595. The number of carbonyl (C=O) groups excluding carboxylic acids is 1. The number of aryl methyl sites for hydroxylation is 2. The number of sulfonamides is 1. The number of urea groups is 1. The SMILES string of the molecule is Cc1ccc(N2C(=O)N(Cc3cc(F)ccc3F)c3ccccc3S2(=O)=O)c(C)c1. The first-order valence-electron chi connectivity index (χ1n) is 9.17. The fourth-order valence-corrected chi connectivity index (χ4v) is 5.22. The van der Waals surface area contributed by atoms with E-state index in [1.54, 1.807) is 37.3 Å². The predicted octanol–water partition coefficient (Wildman–Crippen LogP) is 4.92. The number of fused-ring (bicyclic) bond motifs is 1. The smallest absolute Gasteiger partial charge is 0.287 e. The minimum atomic E-state index is -4.19. The molecule has 3 aromatic rings. The summed E-state index contributed by atoms with van der Waals surface area (Å²) in [7, 11) is -4.19. The van der Waals surface area contributed by atoms with Gasteiger partial charge < -0.3 is 0 Å². The van der Waals surface area contributed by atoms with Crippen LogP contribution >= 0.6 is 0 Å². The molecule has 4 rings (SSSR count). The highest BCUT2D eigenvalue weighted by Gasteiger charge is 2.43. The molecule has 0 aliphatic carbocycles. The summed E-state index contributed by atoms with van der Waals surface area (Å²) in [6.07, 6.45) is 0. The van der Waals surface area contributed by atoms with Crippen LogP contribution in [0, 0.1) is 25.5 Å². The lowest BCUT2D eigenvalue weighted by Crippen LogP contribution is -2.51. The number of nitrogens with zero attached hydrogens (tertiary/aromatic N) is 2. The number of hydrogen-bond acceptors (Lipinski definition) is 3. The molecule has 0 aromatic heterocycles. The van der Waals surface area contributed by atoms with Crippen LogP contribution in [0.3, 0.4) is 0 Å². The Labute approximate surface area is 173 Å². The zero-order valence-electron chi connectivity index (χ0n) is 16.3. The molecule has 154 valence electrons. The molecule has 0 N–H and O–H groups in total. The molecule has 0 unspecified atom stereocenters. The minimum absolute atomic E-state index is 0.0574. The molecule has 0 saturated heterocycles. The van der Waals surface area contributed by atoms with Crippen molar-refractivity contribution in [3.05, 3.63) is 89.0 Å². The number of benzene rings is 3. The van der Waals surface area contributed by atoms with Gasteiger partial charge >= 0.3 is 6.03 Å². The first-order chi connectivity index (χ1) is 14.2. The van der Waals surface area contributed by atoms with Crippen LogP contribution < -0.4 is 9.21 Å². The van der Waals surface area contributed by atoms with Crippen LogP contribution in [0.5, 0.6) is 0 Å². The molecule has 30 heavy (non-hydrogen) atoms. The van der Waals surface area contributed by atoms with Crippen LogP contribution in [0.4, 0.5) is 25.0 Å². The maximum Gasteiger partial charge on any atom is 0.343 e. The number of rotatable bonds is 3. The molecule has 1 heterocycles. The lowest BCUT2D eigenvalue weighted by molar-refractivity contribution is 0.253. The van der Waals surface area contributed by atoms with Crippen LogP contribution in [0.25, 0.3) is 0 Å². The average molecular weight is 428 g/mol. The number of hydrogen-bond donors (Lipinski definition) is 0. The monoisotopic (exact) mass is 428 g/mol. The molecule has 0 spiro atoms. The van der Waals surface area contributed by atoms with Crippen LogP contribution in [0.2, 0.25) is 0 Å². The fraction of sp³-hybridized carbons (Fsp3) is 0.136. The van der Waals surface area contributed by atoms with Crippen LogP contribution in [-0.4, -0.2) is 14.4 Å². The maximum atomic E-state index is 14.3. The largest absolute Gasteiger partial charge is 0.343 e. The van der Waals surface area contributed by atoms with Gasteiger partial charge in [-0.25, -0.2) is 22.0 Å². The average Bonchev–Trinajstić information content (AvgIpc) is 2.69. The van der Waals surface area contributed by atoms with Crippen molar-refractivity contribution < 1.29 is 22.0 Å². The summed E-state index contributed by atoms with van der Waals surface area (Å²) in [5.74, 6) is -1.34. The molecule has 1 aliphatic rings. The van der Waals surface area contributed by atoms with Gasteiger partial charge in [0, 0.05) is 5.56 Å². The second-order valence-corrected chi connectivity index (χ2v) is 8.89. The van der Waals surface area contributed by atoms with Gasteiger partial charge in [-0.2, -0.15) is 4.31 Å². The van der Waals surface area contributed by atoms with Gasteiger partial charge in [0.15, 0.2) is 0 Å². The van der Waals surface area contributed by atoms with Crippen molar-refractivity contribution in [2.75, 3.05) is 9.21 Å². The van der Waals surface area contributed by atoms with Crippen LogP contribution in [-0.2, 0) is 16.6 Å². The summed E-state index contributed by atoms with van der Waals surface area (Å²) >= 11 is 0. The highest BCUT2D eigenvalue weighted by Crippen LogP contribution is 2.39. The lowest BCUT2D eigenvalue weighted by Gasteiger charge is -2.36. The summed E-state index contributed by atoms with van der Waals surface area (Å²) in [6.45, 7) is 3.25. The normalized spacial score (nSPS) is 15.3. The molecular formula is C22H18F2N2O3S. The summed E-state index contributed by atoms with van der Waals surface area (Å²) in [5.41, 5.74) is 1.79. The van der Waals surface area contributed by atoms with E-state index in [9.17, 15) is 22.0 Å². The number of halogens is 2. The first-order valence-corrected chi connectivity index (χ1v) is 10.6. The Hall–Kier alpha value is -3.26. The standard InChI is InChI=1S/C22H18F2N2O3S/c1-14-7-10-19(15(2)11-14)26-22(27)25(13-16-12-17(23)8-9-18(16)24)20-5-3-4-6-21(20)30(26,28)29/h3-12H,13H2,1-2H3. The van der Waals surface area contributed by atoms with Crippen molar-refractivity contribution in [1.82, 2.24) is 0 Å². The van der Waals surface area contributed by atoms with Gasteiger partial charge in [0.2, 0.25) is 0 Å². The second kappa shape index (κ2) is 7.21. The van der Waals surface area contributed by atoms with E-state index in [2.05, 4.69) is 0 Å². The zero-order valence-corrected chi connectivity index (χ0v) is 17.1. The highest BCUT2D eigenvalue weighted by atomic mass is 32.2. The summed E-state index contributed by atoms with van der Waals surface area (Å²) in [5, 5.41) is 0. The predicted molar refractivity (Wildman–Crippen MR) is 110 cm³/mol. The van der Waals surface area contributed by atoms with Crippen molar-refractivity contribution in [3.63, 3.8) is 0 Å². The Morgan fingerprint density at radius 3 is 2.37 bits per heavy atom. The topological polar surface area (TPSA) is 57.7 Å². The molecule has 2 amide bonds. The summed E-state index contributed by atoms with van der Waals surface area (Å²) in [4.78, 5) is 14.5. The van der Waals surface area contributed by atoms with Gasteiger partial charge in [0.1, 0.15) is 16.5 Å². The Bertz CT molecular complexity index is 1280. The molecule has 0 bridgehead atoms. The van der Waals surface area contributed by atoms with E-state index in [-0.39, 0.29) is 28.4 Å². The van der Waals surface area contributed by atoms with Crippen molar-refractivity contribution in [2.45, 2.75) is 25.3 Å². The Kier molecular flexibility index (Phi) is 4.82. The molecule has 1 aliphatic heterocycles. The maximum absolute atomic E-state index is 14.3. The number of para-hydroxylation sites is 1. The van der Waals surface area contributed by atoms with Crippen molar-refractivity contribution >= 4 is 27.4 Å². The van der Waals surface area contributed by atoms with Gasteiger partial charge in [-0.3, -0.25) is 4.90 Å². The molecular weight excluding hydrogens is 410 g/mol. The van der Waals surface area contributed by atoms with E-state index in [1.807, 2.05) is 6.92 Å². The van der Waals surface area contributed by atoms with Gasteiger partial charge in [-0.15, -0.1) is 0 Å². The van der Waals surface area contributed by atoms with Crippen LogP contribution in [0.15, 0.2) is 65.6 Å². The Morgan fingerprint density at radius 1 is 0.900 bits per heavy atom. The third-order valence-electron chi connectivity index (χ3n) is 4.99. The molecule has 0 saturated carbocycles. The molecule has 8 heteroatoms. The van der Waals surface area contributed by atoms with Crippen molar-refractivity contribution in [3.8, 4) is 0 Å². The minimum Gasteiger partial charge on any atom is -0.287 e. The first kappa shape index (κ1) is 20.0. The summed E-state index contributed by atoms with van der Waals surface area (Å²) in [6, 6.07) is 13.1. The fourth-order valence-electron chi connectivity index (χ4n) is 3.57. The van der Waals surface area contributed by atoms with Crippen molar-refractivity contribution in [1.29, 1.82) is 0 Å². The van der Waals surface area contributed by atoms with Gasteiger partial charge in [-0.05, 0) is 55.8 Å². The third-order valence-corrected chi connectivity index (χ3v) is 6.72. The molecule has 5 nitrogen and oxygen atoms in total. The number of carbonyl (C=O) groups is 1. The van der Waals surface area contributed by atoms with E-state index < -0.39 is 27.7 Å². The molecule has 3 aromatic carbocycles. The van der Waals surface area contributed by atoms with Crippen molar-refractivity contribution in [2.24, 2.45) is 0 Å². The van der Waals surface area contributed by atoms with E-state index >= 15 is 0 Å². The number of anilines is 2. The van der Waals surface area contributed by atoms with E-state index in [1.165, 1.54) is 12.1 Å². The van der Waals surface area contributed by atoms with E-state index in [0.717, 1.165) is 33.0 Å². The third kappa shape index (κ3) is 3.23. The van der Waals surface area contributed by atoms with Gasteiger partial charge in [-0.1, -0.05) is 29.8 Å². The summed E-state index contributed by atoms with van der Waals surface area (Å²) < 4.78 is 55.3. The Morgan fingerprint density at radius 2 is 1.63 bits per heavy atom. The highest BCUT2D eigenvalue weighted by molar-refractivity contribution is 7.94. The molecule has 0 atom stereocenters. The van der Waals surface area contributed by atoms with Crippen LogP contribution in [0.1, 0.15) is 16.7 Å². The number of amides is 2. The Balaban J connectivity index is 1.90. The second-order valence-electron chi connectivity index (χ2n) is 7.13.